The largest absolute Gasteiger partial charge is 0.481 e. The summed E-state index contributed by atoms with van der Waals surface area (Å²) in [5.74, 6) is -2.28. The first-order chi connectivity index (χ1) is 6.42. The van der Waals surface area contributed by atoms with Gasteiger partial charge in [0.1, 0.15) is 4.75 Å². The lowest BCUT2D eigenvalue weighted by Crippen LogP contribution is -2.35. The summed E-state index contributed by atoms with van der Waals surface area (Å²) in [4.78, 5) is 21.3. The van der Waals surface area contributed by atoms with Crippen LogP contribution in [0.25, 0.3) is 0 Å². The second-order valence-corrected chi connectivity index (χ2v) is 4.22. The molecule has 0 radical (unpaired) electrons. The monoisotopic (exact) mass is 220 g/mol. The van der Waals surface area contributed by atoms with Gasteiger partial charge in [0.15, 0.2) is 0 Å². The summed E-state index contributed by atoms with van der Waals surface area (Å²) in [5.41, 5.74) is 0. The van der Waals surface area contributed by atoms with E-state index < -0.39 is 23.1 Å². The molecule has 0 amide bonds. The summed E-state index contributed by atoms with van der Waals surface area (Å²) in [5, 5.41) is 17.4. The van der Waals surface area contributed by atoms with Crippen LogP contribution >= 0.6 is 12.6 Å². The first-order valence-electron chi connectivity index (χ1n) is 4.60. The number of carbonyl (C=O) groups is 2. The van der Waals surface area contributed by atoms with Crippen molar-refractivity contribution in [2.24, 2.45) is 0 Å². The highest BCUT2D eigenvalue weighted by atomic mass is 32.1. The van der Waals surface area contributed by atoms with Gasteiger partial charge in [0.05, 0.1) is 6.42 Å². The second kappa shape index (κ2) is 5.90. The Balaban J connectivity index is 4.24. The van der Waals surface area contributed by atoms with Crippen molar-refractivity contribution in [2.75, 3.05) is 0 Å². The summed E-state index contributed by atoms with van der Waals surface area (Å²) in [6.45, 7) is 2.00. The Morgan fingerprint density at radius 3 is 2.21 bits per heavy atom. The van der Waals surface area contributed by atoms with Crippen LogP contribution in [0.15, 0.2) is 0 Å². The van der Waals surface area contributed by atoms with Crippen molar-refractivity contribution in [3.8, 4) is 0 Å². The van der Waals surface area contributed by atoms with E-state index in [0.29, 0.717) is 12.8 Å². The molecule has 0 aliphatic heterocycles. The normalized spacial score (nSPS) is 14.7. The van der Waals surface area contributed by atoms with Crippen molar-refractivity contribution >= 4 is 24.6 Å². The van der Waals surface area contributed by atoms with E-state index in [-0.39, 0.29) is 0 Å². The fourth-order valence-corrected chi connectivity index (χ4v) is 1.48. The first kappa shape index (κ1) is 13.3. The molecule has 1 unspecified atom stereocenters. The molecule has 0 aliphatic rings. The molecule has 0 aliphatic carbocycles. The Morgan fingerprint density at radius 1 is 1.29 bits per heavy atom. The van der Waals surface area contributed by atoms with Crippen molar-refractivity contribution < 1.29 is 19.8 Å². The minimum absolute atomic E-state index is 0.297. The van der Waals surface area contributed by atoms with Crippen molar-refractivity contribution in [1.82, 2.24) is 0 Å². The number of unbranched alkanes of at least 4 members (excludes halogenated alkanes) is 2. The molecule has 0 aromatic rings. The maximum absolute atomic E-state index is 10.8. The molecule has 0 heterocycles. The highest BCUT2D eigenvalue weighted by Crippen LogP contribution is 2.27. The van der Waals surface area contributed by atoms with Gasteiger partial charge in [-0.05, 0) is 6.42 Å². The average molecular weight is 220 g/mol. The fraction of sp³-hybridized carbons (Fsp3) is 0.778. The van der Waals surface area contributed by atoms with Crippen LogP contribution in [-0.2, 0) is 9.59 Å². The molecule has 4 nitrogen and oxygen atoms in total. The van der Waals surface area contributed by atoms with E-state index in [4.69, 9.17) is 10.2 Å². The van der Waals surface area contributed by atoms with E-state index >= 15 is 0 Å². The maximum Gasteiger partial charge on any atom is 0.320 e. The Labute approximate surface area is 88.7 Å². The van der Waals surface area contributed by atoms with Gasteiger partial charge in [-0.3, -0.25) is 9.59 Å². The molecule has 82 valence electrons. The third kappa shape index (κ3) is 4.50. The summed E-state index contributed by atoms with van der Waals surface area (Å²) < 4.78 is -1.42. The van der Waals surface area contributed by atoms with Crippen LogP contribution in [0.4, 0.5) is 0 Å². The minimum Gasteiger partial charge on any atom is -0.481 e. The van der Waals surface area contributed by atoms with Crippen LogP contribution < -0.4 is 0 Å². The predicted octanol–water partition coefficient (Wildman–Crippen LogP) is 1.79. The molecule has 1 atom stereocenters. The zero-order valence-electron chi connectivity index (χ0n) is 8.19. The molecular formula is C9H16O4S. The smallest absolute Gasteiger partial charge is 0.320 e. The number of hydrogen-bond acceptors (Lipinski definition) is 3. The summed E-state index contributed by atoms with van der Waals surface area (Å²) in [6.07, 6.45) is 2.42. The van der Waals surface area contributed by atoms with Gasteiger partial charge in [-0.2, -0.15) is 12.6 Å². The third-order valence-corrected chi connectivity index (χ3v) is 2.61. The Bertz CT molecular complexity index is 217. The number of carboxylic acid groups (broad SMARTS) is 2. The van der Waals surface area contributed by atoms with Crippen molar-refractivity contribution in [2.45, 2.75) is 43.8 Å². The Morgan fingerprint density at radius 2 is 1.86 bits per heavy atom. The number of aliphatic carboxylic acids is 2. The summed E-state index contributed by atoms with van der Waals surface area (Å²) in [6, 6.07) is 0. The molecule has 0 saturated carbocycles. The number of hydrogen-bond donors (Lipinski definition) is 3. The Kier molecular flexibility index (Phi) is 5.60. The van der Waals surface area contributed by atoms with Gasteiger partial charge in [-0.25, -0.2) is 0 Å². The molecule has 0 bridgehead atoms. The molecule has 0 aromatic heterocycles. The van der Waals surface area contributed by atoms with Crippen LogP contribution in [0.2, 0.25) is 0 Å². The van der Waals surface area contributed by atoms with E-state index in [9.17, 15) is 9.59 Å². The van der Waals surface area contributed by atoms with Crippen LogP contribution in [0.5, 0.6) is 0 Å². The lowest BCUT2D eigenvalue weighted by atomic mass is 9.97. The van der Waals surface area contributed by atoms with Crippen LogP contribution in [-0.4, -0.2) is 26.9 Å². The highest BCUT2D eigenvalue weighted by Gasteiger charge is 2.36. The predicted molar refractivity (Wildman–Crippen MR) is 55.7 cm³/mol. The van der Waals surface area contributed by atoms with Crippen LogP contribution in [0, 0.1) is 0 Å². The molecule has 2 N–H and O–H groups in total. The number of carboxylic acids is 2. The van der Waals surface area contributed by atoms with Gasteiger partial charge in [0.2, 0.25) is 0 Å². The van der Waals surface area contributed by atoms with E-state index in [1.54, 1.807) is 0 Å². The first-order valence-corrected chi connectivity index (χ1v) is 5.04. The summed E-state index contributed by atoms with van der Waals surface area (Å²) in [7, 11) is 0. The van der Waals surface area contributed by atoms with Gasteiger partial charge < -0.3 is 10.2 Å². The van der Waals surface area contributed by atoms with Crippen LogP contribution in [0.3, 0.4) is 0 Å². The topological polar surface area (TPSA) is 74.6 Å². The average Bonchev–Trinajstić information content (AvgIpc) is 2.03. The lowest BCUT2D eigenvalue weighted by molar-refractivity contribution is -0.146. The van der Waals surface area contributed by atoms with E-state index in [1.807, 2.05) is 6.92 Å². The number of thiol groups is 1. The Hall–Kier alpha value is -0.710. The molecule has 0 aromatic carbocycles. The standard InChI is InChI=1S/C9H16O4S/c1-2-3-4-5-9(14,8(12)13)6-7(10)11/h14H,2-6H2,1H3,(H,10,11)(H,12,13). The van der Waals surface area contributed by atoms with Crippen molar-refractivity contribution in [1.29, 1.82) is 0 Å². The van der Waals surface area contributed by atoms with E-state index in [1.165, 1.54) is 0 Å². The zero-order valence-corrected chi connectivity index (χ0v) is 9.09. The lowest BCUT2D eigenvalue weighted by Gasteiger charge is -2.21. The minimum atomic E-state index is -1.42. The zero-order chi connectivity index (χ0) is 11.2. The molecule has 0 fully saturated rings. The molecule has 14 heavy (non-hydrogen) atoms. The van der Waals surface area contributed by atoms with Gasteiger partial charge in [-0.15, -0.1) is 0 Å². The molecular weight excluding hydrogens is 204 g/mol. The quantitative estimate of drug-likeness (QED) is 0.451. The van der Waals surface area contributed by atoms with Gasteiger partial charge in [-0.1, -0.05) is 26.2 Å². The van der Waals surface area contributed by atoms with Gasteiger partial charge in [0, 0.05) is 0 Å². The molecule has 0 spiro atoms. The fourth-order valence-electron chi connectivity index (χ4n) is 1.19. The van der Waals surface area contributed by atoms with Crippen LogP contribution in [0.1, 0.15) is 39.0 Å². The van der Waals surface area contributed by atoms with Gasteiger partial charge >= 0.3 is 11.9 Å². The maximum atomic E-state index is 10.8. The van der Waals surface area contributed by atoms with E-state index in [2.05, 4.69) is 12.6 Å². The third-order valence-electron chi connectivity index (χ3n) is 2.04. The number of rotatable bonds is 7. The molecule has 5 heteroatoms. The van der Waals surface area contributed by atoms with Crippen molar-refractivity contribution in [3.63, 3.8) is 0 Å². The summed E-state index contributed by atoms with van der Waals surface area (Å²) >= 11 is 3.95. The van der Waals surface area contributed by atoms with E-state index in [0.717, 1.165) is 12.8 Å². The molecule has 0 rings (SSSR count). The second-order valence-electron chi connectivity index (χ2n) is 3.36. The van der Waals surface area contributed by atoms with Gasteiger partial charge in [0.25, 0.3) is 0 Å². The SMILES string of the molecule is CCCCCC(S)(CC(=O)O)C(=O)O. The van der Waals surface area contributed by atoms with Crippen molar-refractivity contribution in [3.05, 3.63) is 0 Å². The molecule has 0 saturated heterocycles. The highest BCUT2D eigenvalue weighted by molar-refractivity contribution is 7.82.